The largest absolute Gasteiger partial charge is 0.324 e. The predicted molar refractivity (Wildman–Crippen MR) is 77.2 cm³/mol. The number of nitrogens with two attached hydrogens (primary N) is 1. The first-order valence-electron chi connectivity index (χ1n) is 6.49. The van der Waals surface area contributed by atoms with Crippen molar-refractivity contribution >= 4 is 11.6 Å². The molecule has 0 radical (unpaired) electrons. The number of rotatable bonds is 4. The average Bonchev–Trinajstić information content (AvgIpc) is 2.83. The number of hydrogen-bond donors (Lipinski definition) is 2. The lowest BCUT2D eigenvalue weighted by Crippen LogP contribution is -2.19. The third kappa shape index (κ3) is 3.21. The molecule has 1 atom stereocenters. The van der Waals surface area contributed by atoms with Crippen LogP contribution in [0.4, 0.5) is 5.69 Å². The van der Waals surface area contributed by atoms with Gasteiger partial charge in [-0.05, 0) is 38.0 Å². The highest BCUT2D eigenvalue weighted by atomic mass is 16.2. The maximum absolute atomic E-state index is 12.0. The van der Waals surface area contributed by atoms with Crippen molar-refractivity contribution < 1.29 is 4.79 Å². The molecule has 6 nitrogen and oxygen atoms in total. The van der Waals surface area contributed by atoms with Crippen LogP contribution in [0.3, 0.4) is 0 Å². The molecular formula is C14H19N5O. The first kappa shape index (κ1) is 14.2. The van der Waals surface area contributed by atoms with E-state index in [1.807, 2.05) is 39.0 Å². The van der Waals surface area contributed by atoms with Gasteiger partial charge in [-0.25, -0.2) is 4.68 Å². The molecule has 0 fully saturated rings. The lowest BCUT2D eigenvalue weighted by Gasteiger charge is -2.10. The summed E-state index contributed by atoms with van der Waals surface area (Å²) >= 11 is 0. The summed E-state index contributed by atoms with van der Waals surface area (Å²) < 4.78 is 1.49. The van der Waals surface area contributed by atoms with E-state index in [1.165, 1.54) is 4.68 Å². The highest BCUT2D eigenvalue weighted by molar-refractivity contribution is 5.91. The summed E-state index contributed by atoms with van der Waals surface area (Å²) in [6.07, 6.45) is 1.69. The fourth-order valence-corrected chi connectivity index (χ4v) is 1.82. The first-order chi connectivity index (χ1) is 9.47. The molecule has 2 aromatic rings. The second-order valence-electron chi connectivity index (χ2n) is 4.93. The Hall–Kier alpha value is -2.21. The summed E-state index contributed by atoms with van der Waals surface area (Å²) in [5.41, 5.74) is 9.40. The number of anilines is 1. The standard InChI is InChI=1S/C14H19N5O/c1-9-5-4-6-12(10(9)2)16-14(20)8-19-7-13(11(3)15)17-18-19/h4-7,11H,8,15H2,1-3H3,(H,16,20). The van der Waals surface area contributed by atoms with Crippen LogP contribution in [-0.2, 0) is 11.3 Å². The summed E-state index contributed by atoms with van der Waals surface area (Å²) in [5.74, 6) is -0.139. The minimum absolute atomic E-state index is 0.118. The molecule has 106 valence electrons. The van der Waals surface area contributed by atoms with Gasteiger partial charge < -0.3 is 11.1 Å². The number of carbonyl (C=O) groups excluding carboxylic acids is 1. The number of carbonyl (C=O) groups is 1. The quantitative estimate of drug-likeness (QED) is 0.885. The van der Waals surface area contributed by atoms with Crippen molar-refractivity contribution in [3.8, 4) is 0 Å². The van der Waals surface area contributed by atoms with Crippen molar-refractivity contribution in [2.24, 2.45) is 5.73 Å². The molecule has 1 aromatic heterocycles. The molecule has 1 aromatic carbocycles. The number of benzene rings is 1. The van der Waals surface area contributed by atoms with Crippen molar-refractivity contribution in [2.45, 2.75) is 33.4 Å². The minimum Gasteiger partial charge on any atom is -0.324 e. The monoisotopic (exact) mass is 273 g/mol. The zero-order valence-corrected chi connectivity index (χ0v) is 11.9. The van der Waals surface area contributed by atoms with E-state index < -0.39 is 0 Å². The van der Waals surface area contributed by atoms with Crippen LogP contribution < -0.4 is 11.1 Å². The maximum atomic E-state index is 12.0. The smallest absolute Gasteiger partial charge is 0.246 e. The zero-order valence-electron chi connectivity index (χ0n) is 11.9. The van der Waals surface area contributed by atoms with Gasteiger partial charge in [-0.3, -0.25) is 4.79 Å². The van der Waals surface area contributed by atoms with Crippen LogP contribution in [0.2, 0.25) is 0 Å². The van der Waals surface area contributed by atoms with Gasteiger partial charge in [0.25, 0.3) is 0 Å². The molecule has 0 spiro atoms. The first-order valence-corrected chi connectivity index (χ1v) is 6.49. The van der Waals surface area contributed by atoms with Crippen LogP contribution in [-0.4, -0.2) is 20.9 Å². The molecule has 0 saturated heterocycles. The average molecular weight is 273 g/mol. The summed E-state index contributed by atoms with van der Waals surface area (Å²) in [5, 5.41) is 10.7. The third-order valence-corrected chi connectivity index (χ3v) is 3.21. The van der Waals surface area contributed by atoms with Crippen LogP contribution in [0.25, 0.3) is 0 Å². The summed E-state index contributed by atoms with van der Waals surface area (Å²) in [6.45, 7) is 5.93. The normalized spacial score (nSPS) is 12.2. The third-order valence-electron chi connectivity index (χ3n) is 3.21. The van der Waals surface area contributed by atoms with Crippen molar-refractivity contribution in [3.05, 3.63) is 41.2 Å². The molecule has 0 bridgehead atoms. The van der Waals surface area contributed by atoms with Crippen molar-refractivity contribution in [2.75, 3.05) is 5.32 Å². The van der Waals surface area contributed by atoms with Gasteiger partial charge in [-0.15, -0.1) is 5.10 Å². The highest BCUT2D eigenvalue weighted by Crippen LogP contribution is 2.17. The molecule has 6 heteroatoms. The number of aryl methyl sites for hydroxylation is 1. The van der Waals surface area contributed by atoms with Crippen molar-refractivity contribution in [1.82, 2.24) is 15.0 Å². The topological polar surface area (TPSA) is 85.8 Å². The van der Waals surface area contributed by atoms with E-state index in [0.717, 1.165) is 16.8 Å². The van der Waals surface area contributed by atoms with E-state index >= 15 is 0 Å². The van der Waals surface area contributed by atoms with Gasteiger partial charge >= 0.3 is 0 Å². The number of amides is 1. The van der Waals surface area contributed by atoms with Crippen LogP contribution in [0.15, 0.2) is 24.4 Å². The highest BCUT2D eigenvalue weighted by Gasteiger charge is 2.10. The van der Waals surface area contributed by atoms with E-state index in [9.17, 15) is 4.79 Å². The molecule has 1 amide bonds. The Balaban J connectivity index is 2.03. The Labute approximate surface area is 118 Å². The predicted octanol–water partition coefficient (Wildman–Crippen LogP) is 1.55. The molecule has 3 N–H and O–H groups in total. The summed E-state index contributed by atoms with van der Waals surface area (Å²) in [7, 11) is 0. The van der Waals surface area contributed by atoms with Crippen LogP contribution in [0.5, 0.6) is 0 Å². The van der Waals surface area contributed by atoms with Gasteiger partial charge in [0.2, 0.25) is 5.91 Å². The van der Waals surface area contributed by atoms with E-state index in [1.54, 1.807) is 6.20 Å². The molecule has 1 heterocycles. The minimum atomic E-state index is -0.189. The molecule has 0 saturated carbocycles. The number of nitrogens with one attached hydrogen (secondary N) is 1. The Morgan fingerprint density at radius 3 is 2.85 bits per heavy atom. The van der Waals surface area contributed by atoms with E-state index in [-0.39, 0.29) is 18.5 Å². The lowest BCUT2D eigenvalue weighted by atomic mass is 10.1. The van der Waals surface area contributed by atoms with Crippen molar-refractivity contribution in [1.29, 1.82) is 0 Å². The van der Waals surface area contributed by atoms with Gasteiger partial charge in [0.15, 0.2) is 0 Å². The van der Waals surface area contributed by atoms with Crippen LogP contribution in [0, 0.1) is 13.8 Å². The molecule has 0 aliphatic heterocycles. The van der Waals surface area contributed by atoms with Gasteiger partial charge in [0.05, 0.1) is 11.9 Å². The number of hydrogen-bond acceptors (Lipinski definition) is 4. The fourth-order valence-electron chi connectivity index (χ4n) is 1.82. The van der Waals surface area contributed by atoms with Crippen molar-refractivity contribution in [3.63, 3.8) is 0 Å². The number of nitrogens with zero attached hydrogens (tertiary/aromatic N) is 3. The van der Waals surface area contributed by atoms with Crippen LogP contribution in [0.1, 0.15) is 29.8 Å². The molecule has 2 rings (SSSR count). The maximum Gasteiger partial charge on any atom is 0.246 e. The van der Waals surface area contributed by atoms with E-state index in [4.69, 9.17) is 5.73 Å². The fraction of sp³-hybridized carbons (Fsp3) is 0.357. The second-order valence-corrected chi connectivity index (χ2v) is 4.93. The van der Waals surface area contributed by atoms with Gasteiger partial charge in [0, 0.05) is 11.7 Å². The van der Waals surface area contributed by atoms with Crippen LogP contribution >= 0.6 is 0 Å². The SMILES string of the molecule is Cc1cccc(NC(=O)Cn2cc(C(C)N)nn2)c1C. The Morgan fingerprint density at radius 1 is 1.45 bits per heavy atom. The molecule has 0 aliphatic rings. The molecule has 0 aliphatic carbocycles. The zero-order chi connectivity index (χ0) is 14.7. The Morgan fingerprint density at radius 2 is 2.20 bits per heavy atom. The number of aromatic nitrogens is 3. The molecular weight excluding hydrogens is 254 g/mol. The van der Waals surface area contributed by atoms with Gasteiger partial charge in [-0.2, -0.15) is 0 Å². The second kappa shape index (κ2) is 5.83. The molecule has 1 unspecified atom stereocenters. The van der Waals surface area contributed by atoms with E-state index in [0.29, 0.717) is 5.69 Å². The Kier molecular flexibility index (Phi) is 4.14. The summed E-state index contributed by atoms with van der Waals surface area (Å²) in [4.78, 5) is 12.0. The Bertz CT molecular complexity index is 618. The van der Waals surface area contributed by atoms with Gasteiger partial charge in [-0.1, -0.05) is 17.3 Å². The lowest BCUT2D eigenvalue weighted by molar-refractivity contribution is -0.116. The van der Waals surface area contributed by atoms with E-state index in [2.05, 4.69) is 15.6 Å². The molecule has 20 heavy (non-hydrogen) atoms. The summed E-state index contributed by atoms with van der Waals surface area (Å²) in [6, 6.07) is 5.62. The van der Waals surface area contributed by atoms with Gasteiger partial charge in [0.1, 0.15) is 6.54 Å².